The standard InChI is InChI=1S/C29H29N3O2/c1-19-4-2-7-25-26(19)32(18-29(14-15-30-17-29)27(34)21-10-11-21)28(31-25)22-12-8-20(9-13-22)23-5-3-6-24(33)16-23/h2-9,12-13,16,21,30,33H,10-11,14-15,17-18H2,1H3/t29-/m0/s1. The zero-order valence-electron chi connectivity index (χ0n) is 19.4. The molecule has 0 unspecified atom stereocenters. The summed E-state index contributed by atoms with van der Waals surface area (Å²) >= 11 is 0. The SMILES string of the molecule is Cc1cccc2nc(-c3ccc(-c4cccc(O)c4)cc3)n(C[C@]3(C(=O)C4CC4)CCNC3)c12. The van der Waals surface area contributed by atoms with Crippen LogP contribution in [0.4, 0.5) is 0 Å². The lowest BCUT2D eigenvalue weighted by molar-refractivity contribution is -0.129. The minimum atomic E-state index is -0.368. The van der Waals surface area contributed by atoms with Crippen molar-refractivity contribution in [1.82, 2.24) is 14.9 Å². The van der Waals surface area contributed by atoms with Crippen LogP contribution >= 0.6 is 0 Å². The van der Waals surface area contributed by atoms with Gasteiger partial charge in [0.15, 0.2) is 0 Å². The number of imidazole rings is 1. The number of aryl methyl sites for hydroxylation is 1. The highest BCUT2D eigenvalue weighted by molar-refractivity contribution is 5.90. The van der Waals surface area contributed by atoms with E-state index in [0.29, 0.717) is 12.3 Å². The Balaban J connectivity index is 1.45. The number of benzene rings is 3. The Morgan fingerprint density at radius 1 is 1.06 bits per heavy atom. The van der Waals surface area contributed by atoms with E-state index in [2.05, 4.69) is 53.2 Å². The van der Waals surface area contributed by atoms with Gasteiger partial charge >= 0.3 is 0 Å². The summed E-state index contributed by atoms with van der Waals surface area (Å²) in [6, 6.07) is 21.9. The van der Waals surface area contributed by atoms with E-state index in [1.165, 1.54) is 5.56 Å². The number of aromatic hydroxyl groups is 1. The summed E-state index contributed by atoms with van der Waals surface area (Å²) in [4.78, 5) is 18.5. The number of carbonyl (C=O) groups is 1. The van der Waals surface area contributed by atoms with Crippen molar-refractivity contribution in [2.45, 2.75) is 32.7 Å². The molecule has 1 aliphatic heterocycles. The molecule has 1 atom stereocenters. The first kappa shape index (κ1) is 21.1. The zero-order valence-corrected chi connectivity index (χ0v) is 19.4. The van der Waals surface area contributed by atoms with Gasteiger partial charge in [-0.2, -0.15) is 0 Å². The second kappa shape index (κ2) is 8.10. The Hall–Kier alpha value is -3.44. The Morgan fingerprint density at radius 3 is 2.53 bits per heavy atom. The highest BCUT2D eigenvalue weighted by Crippen LogP contribution is 2.42. The number of ketones is 1. The van der Waals surface area contributed by atoms with E-state index < -0.39 is 0 Å². The number of phenolic OH excluding ortho intramolecular Hbond substituents is 1. The maximum absolute atomic E-state index is 13.5. The monoisotopic (exact) mass is 451 g/mol. The van der Waals surface area contributed by atoms with Gasteiger partial charge in [0, 0.05) is 24.6 Å². The second-order valence-corrected chi connectivity index (χ2v) is 9.94. The van der Waals surface area contributed by atoms with Crippen molar-refractivity contribution in [3.8, 4) is 28.3 Å². The van der Waals surface area contributed by atoms with Crippen molar-refractivity contribution in [2.75, 3.05) is 13.1 Å². The number of fused-ring (bicyclic) bond motifs is 1. The fourth-order valence-electron chi connectivity index (χ4n) is 5.48. The molecule has 1 saturated carbocycles. The van der Waals surface area contributed by atoms with E-state index in [1.807, 2.05) is 18.2 Å². The van der Waals surface area contributed by atoms with Gasteiger partial charge in [-0.05, 0) is 67.6 Å². The van der Waals surface area contributed by atoms with Crippen LogP contribution in [-0.2, 0) is 11.3 Å². The lowest BCUT2D eigenvalue weighted by atomic mass is 9.80. The fourth-order valence-corrected chi connectivity index (χ4v) is 5.48. The van der Waals surface area contributed by atoms with E-state index in [1.54, 1.807) is 12.1 Å². The quantitative estimate of drug-likeness (QED) is 0.415. The van der Waals surface area contributed by atoms with Crippen molar-refractivity contribution in [3.63, 3.8) is 0 Å². The van der Waals surface area contributed by atoms with Crippen LogP contribution in [-0.4, -0.2) is 33.5 Å². The van der Waals surface area contributed by atoms with Crippen molar-refractivity contribution in [2.24, 2.45) is 11.3 Å². The highest BCUT2D eigenvalue weighted by Gasteiger charge is 2.48. The van der Waals surface area contributed by atoms with Gasteiger partial charge < -0.3 is 15.0 Å². The Bertz CT molecular complexity index is 1380. The molecule has 1 aromatic heterocycles. The van der Waals surface area contributed by atoms with Gasteiger partial charge in [-0.3, -0.25) is 4.79 Å². The van der Waals surface area contributed by atoms with E-state index in [4.69, 9.17) is 4.98 Å². The molecule has 5 nitrogen and oxygen atoms in total. The number of hydrogen-bond acceptors (Lipinski definition) is 4. The van der Waals surface area contributed by atoms with Gasteiger partial charge in [-0.15, -0.1) is 0 Å². The summed E-state index contributed by atoms with van der Waals surface area (Å²) in [6.45, 7) is 4.40. The molecule has 1 aliphatic carbocycles. The Kier molecular flexibility index (Phi) is 5.03. The molecule has 2 heterocycles. The van der Waals surface area contributed by atoms with Crippen LogP contribution < -0.4 is 5.32 Å². The predicted octanol–water partition coefficient (Wildman–Crippen LogP) is 5.34. The first-order valence-corrected chi connectivity index (χ1v) is 12.1. The van der Waals surface area contributed by atoms with Crippen LogP contribution in [0.3, 0.4) is 0 Å². The number of para-hydroxylation sites is 1. The molecular formula is C29H29N3O2. The number of nitrogens with one attached hydrogen (secondary N) is 1. The van der Waals surface area contributed by atoms with Gasteiger partial charge in [0.2, 0.25) is 0 Å². The van der Waals surface area contributed by atoms with Crippen LogP contribution in [0.5, 0.6) is 5.75 Å². The molecular weight excluding hydrogens is 422 g/mol. The molecule has 172 valence electrons. The van der Waals surface area contributed by atoms with Crippen LogP contribution in [0.1, 0.15) is 24.8 Å². The molecule has 3 aromatic carbocycles. The third kappa shape index (κ3) is 3.61. The summed E-state index contributed by atoms with van der Waals surface area (Å²) in [5, 5.41) is 13.3. The van der Waals surface area contributed by atoms with Gasteiger partial charge in [0.05, 0.1) is 16.4 Å². The summed E-state index contributed by atoms with van der Waals surface area (Å²) in [5.41, 5.74) is 5.93. The molecule has 2 N–H and O–H groups in total. The highest BCUT2D eigenvalue weighted by atomic mass is 16.3. The summed E-state index contributed by atoms with van der Waals surface area (Å²) in [5.74, 6) is 1.83. The first-order chi connectivity index (χ1) is 16.5. The molecule has 6 rings (SSSR count). The maximum Gasteiger partial charge on any atom is 0.145 e. The fraction of sp³-hybridized carbons (Fsp3) is 0.310. The van der Waals surface area contributed by atoms with E-state index in [0.717, 1.165) is 65.9 Å². The van der Waals surface area contributed by atoms with Crippen molar-refractivity contribution in [1.29, 1.82) is 0 Å². The first-order valence-electron chi connectivity index (χ1n) is 12.1. The average Bonchev–Trinajstić information content (AvgIpc) is 3.48. The topological polar surface area (TPSA) is 67.2 Å². The zero-order chi connectivity index (χ0) is 23.3. The Morgan fingerprint density at radius 2 is 1.82 bits per heavy atom. The molecule has 0 spiro atoms. The third-order valence-electron chi connectivity index (χ3n) is 7.47. The molecule has 2 aliphatic rings. The lowest BCUT2D eigenvalue weighted by Crippen LogP contribution is -2.39. The molecule has 0 radical (unpaired) electrons. The minimum Gasteiger partial charge on any atom is -0.508 e. The summed E-state index contributed by atoms with van der Waals surface area (Å²) < 4.78 is 2.29. The number of aromatic nitrogens is 2. The number of Topliss-reactive ketones (excluding diaryl/α,β-unsaturated/α-hetero) is 1. The largest absolute Gasteiger partial charge is 0.508 e. The molecule has 34 heavy (non-hydrogen) atoms. The number of phenols is 1. The van der Waals surface area contributed by atoms with E-state index >= 15 is 0 Å². The molecule has 5 heteroatoms. The van der Waals surface area contributed by atoms with Crippen molar-refractivity contribution in [3.05, 3.63) is 72.3 Å². The maximum atomic E-state index is 13.5. The summed E-state index contributed by atoms with van der Waals surface area (Å²) in [7, 11) is 0. The van der Waals surface area contributed by atoms with E-state index in [-0.39, 0.29) is 17.1 Å². The molecule has 2 fully saturated rings. The minimum absolute atomic E-state index is 0.237. The van der Waals surface area contributed by atoms with Crippen molar-refractivity contribution < 1.29 is 9.90 Å². The van der Waals surface area contributed by atoms with Crippen LogP contribution in [0.15, 0.2) is 66.7 Å². The number of nitrogens with zero attached hydrogens (tertiary/aromatic N) is 2. The van der Waals surface area contributed by atoms with E-state index in [9.17, 15) is 9.90 Å². The number of rotatable bonds is 6. The Labute approximate surface area is 199 Å². The second-order valence-electron chi connectivity index (χ2n) is 9.94. The molecule has 1 saturated heterocycles. The normalized spacial score (nSPS) is 20.1. The smallest absolute Gasteiger partial charge is 0.145 e. The lowest BCUT2D eigenvalue weighted by Gasteiger charge is -2.29. The number of hydrogen-bond donors (Lipinski definition) is 2. The van der Waals surface area contributed by atoms with Crippen LogP contribution in [0, 0.1) is 18.3 Å². The number of carbonyl (C=O) groups excluding carboxylic acids is 1. The molecule has 0 amide bonds. The van der Waals surface area contributed by atoms with Gasteiger partial charge in [0.1, 0.15) is 17.4 Å². The predicted molar refractivity (Wildman–Crippen MR) is 135 cm³/mol. The molecule has 4 aromatic rings. The van der Waals surface area contributed by atoms with Gasteiger partial charge in [-0.25, -0.2) is 4.98 Å². The van der Waals surface area contributed by atoms with Gasteiger partial charge in [-0.1, -0.05) is 48.5 Å². The van der Waals surface area contributed by atoms with Crippen molar-refractivity contribution >= 4 is 16.8 Å². The third-order valence-corrected chi connectivity index (χ3v) is 7.47. The molecule has 0 bridgehead atoms. The average molecular weight is 452 g/mol. The summed E-state index contributed by atoms with van der Waals surface area (Å²) in [6.07, 6.45) is 2.95. The van der Waals surface area contributed by atoms with Gasteiger partial charge in [0.25, 0.3) is 0 Å². The van der Waals surface area contributed by atoms with Crippen LogP contribution in [0.25, 0.3) is 33.5 Å². The van der Waals surface area contributed by atoms with Crippen LogP contribution in [0.2, 0.25) is 0 Å².